The molecule has 1 amide bonds. The zero-order chi connectivity index (χ0) is 21.8. The zero-order valence-electron chi connectivity index (χ0n) is 16.8. The summed E-state index contributed by atoms with van der Waals surface area (Å²) in [4.78, 5) is 42.0. The fourth-order valence-corrected chi connectivity index (χ4v) is 3.28. The normalized spacial score (nSPS) is 10.9. The summed E-state index contributed by atoms with van der Waals surface area (Å²) >= 11 is 5.92. The number of amides is 1. The Morgan fingerprint density at radius 1 is 1.10 bits per heavy atom. The molecule has 3 rings (SSSR count). The van der Waals surface area contributed by atoms with Crippen LogP contribution < -0.4 is 21.9 Å². The first-order chi connectivity index (χ1) is 14.3. The van der Waals surface area contributed by atoms with Crippen LogP contribution >= 0.6 is 11.6 Å². The van der Waals surface area contributed by atoms with Crippen molar-refractivity contribution in [2.75, 3.05) is 17.2 Å². The molecule has 1 aromatic heterocycles. The van der Waals surface area contributed by atoms with Gasteiger partial charge in [-0.3, -0.25) is 19.1 Å². The lowest BCUT2D eigenvalue weighted by atomic mass is 10.1. The molecule has 7 nitrogen and oxygen atoms in total. The number of H-pyrrole nitrogens is 1. The van der Waals surface area contributed by atoms with Crippen LogP contribution in [-0.2, 0) is 6.54 Å². The zero-order valence-corrected chi connectivity index (χ0v) is 17.5. The number of carbonyl (C=O) groups is 1. The molecule has 0 spiro atoms. The molecule has 1 heterocycles. The molecule has 0 saturated heterocycles. The fourth-order valence-electron chi connectivity index (χ4n) is 3.15. The Hall–Kier alpha value is -3.32. The first-order valence-electron chi connectivity index (χ1n) is 9.52. The van der Waals surface area contributed by atoms with Crippen LogP contribution in [-0.4, -0.2) is 22.0 Å². The molecule has 3 aromatic rings. The largest absolute Gasteiger partial charge is 0.383 e. The van der Waals surface area contributed by atoms with Gasteiger partial charge >= 0.3 is 5.69 Å². The molecule has 30 heavy (non-hydrogen) atoms. The topological polar surface area (TPSA) is 101 Å². The van der Waals surface area contributed by atoms with Crippen molar-refractivity contribution in [3.05, 3.63) is 91.6 Å². The van der Waals surface area contributed by atoms with E-state index < -0.39 is 17.2 Å². The molecule has 8 heteroatoms. The van der Waals surface area contributed by atoms with Crippen LogP contribution in [0.2, 0.25) is 5.02 Å². The molecule has 2 aromatic carbocycles. The van der Waals surface area contributed by atoms with Gasteiger partial charge in [0.1, 0.15) is 5.82 Å². The Morgan fingerprint density at radius 3 is 2.33 bits per heavy atom. The van der Waals surface area contributed by atoms with E-state index in [1.54, 1.807) is 24.3 Å². The molecule has 0 bridgehead atoms. The average Bonchev–Trinajstić information content (AvgIpc) is 2.71. The Balaban J connectivity index is 2.12. The van der Waals surface area contributed by atoms with E-state index in [4.69, 9.17) is 17.3 Å². The molecule has 0 aliphatic heterocycles. The standard InChI is InChI=1S/C22H23ClN4O3/c1-14(2)12-26(21(29)16-8-10-17(23)11-9-16)18-19(24)27(22(30)25-20(18)28)13-15-6-4-3-5-7-15/h3-11,14H,12-13,24H2,1-2H3,(H,25,28,30). The number of benzene rings is 2. The van der Waals surface area contributed by atoms with Gasteiger partial charge in [-0.05, 0) is 35.7 Å². The number of hydrogen-bond donors (Lipinski definition) is 2. The van der Waals surface area contributed by atoms with Crippen LogP contribution in [0.5, 0.6) is 0 Å². The molecule has 0 aliphatic carbocycles. The van der Waals surface area contributed by atoms with Crippen molar-refractivity contribution in [3.63, 3.8) is 0 Å². The monoisotopic (exact) mass is 426 g/mol. The summed E-state index contributed by atoms with van der Waals surface area (Å²) in [6, 6.07) is 15.6. The van der Waals surface area contributed by atoms with Gasteiger partial charge in [-0.15, -0.1) is 0 Å². The van der Waals surface area contributed by atoms with E-state index in [0.29, 0.717) is 10.6 Å². The molecular weight excluding hydrogens is 404 g/mol. The number of carbonyl (C=O) groups excluding carboxylic acids is 1. The van der Waals surface area contributed by atoms with Crippen LogP contribution in [0.3, 0.4) is 0 Å². The molecule has 0 radical (unpaired) electrons. The van der Waals surface area contributed by atoms with Crippen LogP contribution in [0.15, 0.2) is 64.2 Å². The molecular formula is C22H23ClN4O3. The minimum absolute atomic E-state index is 0.0424. The maximum absolute atomic E-state index is 13.2. The lowest BCUT2D eigenvalue weighted by molar-refractivity contribution is 0.0983. The van der Waals surface area contributed by atoms with Gasteiger partial charge in [0.2, 0.25) is 0 Å². The summed E-state index contributed by atoms with van der Waals surface area (Å²) in [7, 11) is 0. The SMILES string of the molecule is CC(C)CN(C(=O)c1ccc(Cl)cc1)c1c(N)n(Cc2ccccc2)c(=O)[nH]c1=O. The summed E-state index contributed by atoms with van der Waals surface area (Å²) in [5.74, 6) is -0.410. The second-order valence-corrected chi connectivity index (χ2v) is 7.82. The third-order valence-electron chi connectivity index (χ3n) is 4.55. The van der Waals surface area contributed by atoms with Gasteiger partial charge in [-0.1, -0.05) is 55.8 Å². The Labute approximate surface area is 178 Å². The van der Waals surface area contributed by atoms with E-state index in [2.05, 4.69) is 4.98 Å². The van der Waals surface area contributed by atoms with Gasteiger partial charge < -0.3 is 10.6 Å². The Morgan fingerprint density at radius 2 is 1.73 bits per heavy atom. The van der Waals surface area contributed by atoms with Crippen LogP contribution in [0.25, 0.3) is 0 Å². The van der Waals surface area contributed by atoms with E-state index in [-0.39, 0.29) is 30.5 Å². The van der Waals surface area contributed by atoms with Crippen molar-refractivity contribution in [2.45, 2.75) is 20.4 Å². The summed E-state index contributed by atoms with van der Waals surface area (Å²) in [6.07, 6.45) is 0. The van der Waals surface area contributed by atoms with Gasteiger partial charge in [0.25, 0.3) is 11.5 Å². The molecule has 156 valence electrons. The van der Waals surface area contributed by atoms with Gasteiger partial charge in [0.05, 0.1) is 6.54 Å². The lowest BCUT2D eigenvalue weighted by Gasteiger charge is -2.26. The molecule has 0 aliphatic rings. The van der Waals surface area contributed by atoms with E-state index >= 15 is 0 Å². The Bertz CT molecular complexity index is 1150. The highest BCUT2D eigenvalue weighted by Gasteiger charge is 2.26. The summed E-state index contributed by atoms with van der Waals surface area (Å²) < 4.78 is 1.26. The van der Waals surface area contributed by atoms with E-state index in [1.165, 1.54) is 9.47 Å². The minimum atomic E-state index is -0.704. The third-order valence-corrected chi connectivity index (χ3v) is 4.80. The van der Waals surface area contributed by atoms with E-state index in [0.717, 1.165) is 5.56 Å². The van der Waals surface area contributed by atoms with Crippen molar-refractivity contribution < 1.29 is 4.79 Å². The predicted molar refractivity (Wildman–Crippen MR) is 119 cm³/mol. The Kier molecular flexibility index (Phi) is 6.42. The molecule has 0 fully saturated rings. The lowest BCUT2D eigenvalue weighted by Crippen LogP contribution is -2.42. The number of aromatic amines is 1. The maximum Gasteiger partial charge on any atom is 0.330 e. The molecule has 0 atom stereocenters. The first kappa shape index (κ1) is 21.4. The van der Waals surface area contributed by atoms with Crippen molar-refractivity contribution in [2.24, 2.45) is 5.92 Å². The predicted octanol–water partition coefficient (Wildman–Crippen LogP) is 3.12. The van der Waals surface area contributed by atoms with Crippen molar-refractivity contribution in [3.8, 4) is 0 Å². The van der Waals surface area contributed by atoms with Crippen molar-refractivity contribution >= 4 is 29.0 Å². The maximum atomic E-state index is 13.2. The number of nitrogens with zero attached hydrogens (tertiary/aromatic N) is 2. The summed E-state index contributed by atoms with van der Waals surface area (Å²) in [5, 5.41) is 0.496. The van der Waals surface area contributed by atoms with Gasteiger partial charge in [-0.25, -0.2) is 4.79 Å². The number of nitrogens with two attached hydrogens (primary N) is 1. The number of nitrogens with one attached hydrogen (secondary N) is 1. The summed E-state index contributed by atoms with van der Waals surface area (Å²) in [5.41, 5.74) is 6.10. The second kappa shape index (κ2) is 9.00. The molecule has 0 saturated carbocycles. The highest BCUT2D eigenvalue weighted by Crippen LogP contribution is 2.22. The average molecular weight is 427 g/mol. The van der Waals surface area contributed by atoms with Crippen LogP contribution in [0.4, 0.5) is 11.5 Å². The van der Waals surface area contributed by atoms with Gasteiger partial charge in [0, 0.05) is 17.1 Å². The second-order valence-electron chi connectivity index (χ2n) is 7.38. The molecule has 0 unspecified atom stereocenters. The highest BCUT2D eigenvalue weighted by atomic mass is 35.5. The van der Waals surface area contributed by atoms with Crippen LogP contribution in [0, 0.1) is 5.92 Å². The highest BCUT2D eigenvalue weighted by molar-refractivity contribution is 6.30. The van der Waals surface area contributed by atoms with Gasteiger partial charge in [-0.2, -0.15) is 0 Å². The number of aromatic nitrogens is 2. The number of hydrogen-bond acceptors (Lipinski definition) is 4. The minimum Gasteiger partial charge on any atom is -0.383 e. The first-order valence-corrected chi connectivity index (χ1v) is 9.89. The smallest absolute Gasteiger partial charge is 0.330 e. The summed E-state index contributed by atoms with van der Waals surface area (Å²) in [6.45, 7) is 4.26. The molecule has 3 N–H and O–H groups in total. The van der Waals surface area contributed by atoms with Crippen LogP contribution in [0.1, 0.15) is 29.8 Å². The van der Waals surface area contributed by atoms with E-state index in [1.807, 2.05) is 44.2 Å². The van der Waals surface area contributed by atoms with Crippen molar-refractivity contribution in [1.82, 2.24) is 9.55 Å². The third kappa shape index (κ3) is 4.63. The number of halogens is 1. The van der Waals surface area contributed by atoms with Gasteiger partial charge in [0.15, 0.2) is 5.69 Å². The quantitative estimate of drug-likeness (QED) is 0.632. The van der Waals surface area contributed by atoms with Crippen molar-refractivity contribution in [1.29, 1.82) is 0 Å². The van der Waals surface area contributed by atoms with E-state index in [9.17, 15) is 14.4 Å². The number of nitrogen functional groups attached to an aromatic ring is 1. The fraction of sp³-hybridized carbons (Fsp3) is 0.227. The number of rotatable bonds is 6. The number of anilines is 2.